The third kappa shape index (κ3) is 1.63. The maximum Gasteiger partial charge on any atom is 0.270 e. The van der Waals surface area contributed by atoms with Gasteiger partial charge in [-0.2, -0.15) is 0 Å². The first-order valence-electron chi connectivity index (χ1n) is 5.09. The Balaban J connectivity index is 2.44. The maximum atomic E-state index is 12.0. The molecule has 1 atom stereocenters. The van der Waals surface area contributed by atoms with Gasteiger partial charge in [0.25, 0.3) is 5.91 Å². The number of rotatable bonds is 1. The van der Waals surface area contributed by atoms with Gasteiger partial charge < -0.3 is 10.5 Å². The van der Waals surface area contributed by atoms with Crippen molar-refractivity contribution in [2.45, 2.75) is 25.5 Å². The van der Waals surface area contributed by atoms with Crippen molar-refractivity contribution in [3.05, 3.63) is 18.3 Å². The molecule has 1 aromatic rings. The van der Waals surface area contributed by atoms with Crippen LogP contribution in [0.3, 0.4) is 0 Å². The zero-order valence-corrected chi connectivity index (χ0v) is 9.60. The molecule has 0 aliphatic carbocycles. The van der Waals surface area contributed by atoms with Crippen LogP contribution >= 0.6 is 0 Å². The van der Waals surface area contributed by atoms with E-state index in [1.165, 1.54) is 4.90 Å². The Hall–Kier alpha value is -1.62. The van der Waals surface area contributed by atoms with E-state index in [-0.39, 0.29) is 5.91 Å². The predicted molar refractivity (Wildman–Crippen MR) is 60.3 cm³/mol. The largest absolute Gasteiger partial charge is 0.475 e. The van der Waals surface area contributed by atoms with E-state index in [0.717, 1.165) is 0 Å². The van der Waals surface area contributed by atoms with Crippen LogP contribution in [0, 0.1) is 0 Å². The topological polar surface area (TPSA) is 68.5 Å². The molecule has 5 nitrogen and oxygen atoms in total. The SMILES string of the molecule is CN1C(=O)C(C(C)(C)N)Oc2cccnc21. The first-order valence-corrected chi connectivity index (χ1v) is 5.09. The average molecular weight is 221 g/mol. The van der Waals surface area contributed by atoms with E-state index in [1.54, 1.807) is 39.2 Å². The molecular formula is C11H15N3O2. The number of hydrogen-bond acceptors (Lipinski definition) is 4. The van der Waals surface area contributed by atoms with Gasteiger partial charge in [0.05, 0.1) is 5.54 Å². The minimum absolute atomic E-state index is 0.168. The zero-order chi connectivity index (χ0) is 11.9. The van der Waals surface area contributed by atoms with Gasteiger partial charge in [0.15, 0.2) is 17.7 Å². The van der Waals surface area contributed by atoms with Crippen LogP contribution in [0.5, 0.6) is 5.75 Å². The molecule has 1 aromatic heterocycles. The highest BCUT2D eigenvalue weighted by molar-refractivity contribution is 5.99. The number of ether oxygens (including phenoxy) is 1. The van der Waals surface area contributed by atoms with E-state index in [2.05, 4.69) is 4.98 Å². The first kappa shape index (κ1) is 10.9. The van der Waals surface area contributed by atoms with Crippen molar-refractivity contribution in [3.63, 3.8) is 0 Å². The number of anilines is 1. The molecule has 1 amide bonds. The molecule has 16 heavy (non-hydrogen) atoms. The van der Waals surface area contributed by atoms with E-state index in [9.17, 15) is 4.79 Å². The fourth-order valence-corrected chi connectivity index (χ4v) is 1.65. The van der Waals surface area contributed by atoms with Crippen LogP contribution in [0.2, 0.25) is 0 Å². The highest BCUT2D eigenvalue weighted by atomic mass is 16.5. The van der Waals surface area contributed by atoms with E-state index in [1.807, 2.05) is 0 Å². The number of amides is 1. The molecule has 0 radical (unpaired) electrons. The monoisotopic (exact) mass is 221 g/mol. The second kappa shape index (κ2) is 3.45. The van der Waals surface area contributed by atoms with Gasteiger partial charge in [0, 0.05) is 13.2 Å². The van der Waals surface area contributed by atoms with Crippen molar-refractivity contribution in [1.82, 2.24) is 4.98 Å². The highest BCUT2D eigenvalue weighted by Crippen LogP contribution is 2.32. The molecule has 1 unspecified atom stereocenters. The minimum Gasteiger partial charge on any atom is -0.475 e. The third-order valence-electron chi connectivity index (χ3n) is 2.54. The smallest absolute Gasteiger partial charge is 0.270 e. The Bertz CT molecular complexity index is 425. The summed E-state index contributed by atoms with van der Waals surface area (Å²) in [6.45, 7) is 3.54. The lowest BCUT2D eigenvalue weighted by Gasteiger charge is -2.37. The Morgan fingerprint density at radius 2 is 2.25 bits per heavy atom. The van der Waals surface area contributed by atoms with Crippen LogP contribution in [0.1, 0.15) is 13.8 Å². The van der Waals surface area contributed by atoms with Crippen LogP contribution in [0.15, 0.2) is 18.3 Å². The minimum atomic E-state index is -0.723. The van der Waals surface area contributed by atoms with E-state index < -0.39 is 11.6 Å². The van der Waals surface area contributed by atoms with Crippen molar-refractivity contribution >= 4 is 11.7 Å². The predicted octanol–water partition coefficient (Wildman–Crippen LogP) is 0.543. The van der Waals surface area contributed by atoms with Gasteiger partial charge in [-0.15, -0.1) is 0 Å². The third-order valence-corrected chi connectivity index (χ3v) is 2.54. The van der Waals surface area contributed by atoms with Crippen molar-refractivity contribution in [2.24, 2.45) is 5.73 Å². The molecule has 1 aliphatic heterocycles. The fraction of sp³-hybridized carbons (Fsp3) is 0.455. The molecule has 0 bridgehead atoms. The van der Waals surface area contributed by atoms with Gasteiger partial charge in [-0.05, 0) is 26.0 Å². The molecule has 2 heterocycles. The summed E-state index contributed by atoms with van der Waals surface area (Å²) in [6, 6.07) is 3.55. The summed E-state index contributed by atoms with van der Waals surface area (Å²) in [5, 5.41) is 0. The van der Waals surface area contributed by atoms with Gasteiger partial charge in [0.2, 0.25) is 0 Å². The lowest BCUT2D eigenvalue weighted by Crippen LogP contribution is -2.58. The van der Waals surface area contributed by atoms with Crippen molar-refractivity contribution in [2.75, 3.05) is 11.9 Å². The second-order valence-electron chi connectivity index (χ2n) is 4.54. The van der Waals surface area contributed by atoms with Crippen LogP contribution in [0.4, 0.5) is 5.82 Å². The highest BCUT2D eigenvalue weighted by Gasteiger charge is 2.41. The van der Waals surface area contributed by atoms with Gasteiger partial charge in [-0.3, -0.25) is 9.69 Å². The summed E-state index contributed by atoms with van der Waals surface area (Å²) in [7, 11) is 1.68. The molecule has 1 aliphatic rings. The number of nitrogens with zero attached hydrogens (tertiary/aromatic N) is 2. The van der Waals surface area contributed by atoms with Crippen molar-refractivity contribution < 1.29 is 9.53 Å². The van der Waals surface area contributed by atoms with Gasteiger partial charge in [-0.25, -0.2) is 4.98 Å². The fourth-order valence-electron chi connectivity index (χ4n) is 1.65. The normalized spacial score (nSPS) is 20.4. The van der Waals surface area contributed by atoms with Crippen molar-refractivity contribution in [1.29, 1.82) is 0 Å². The second-order valence-corrected chi connectivity index (χ2v) is 4.54. The lowest BCUT2D eigenvalue weighted by molar-refractivity contribution is -0.128. The molecule has 2 rings (SSSR count). The summed E-state index contributed by atoms with van der Waals surface area (Å²) in [6.07, 6.45) is 0.953. The number of pyridine rings is 1. The Morgan fingerprint density at radius 1 is 1.56 bits per heavy atom. The van der Waals surface area contributed by atoms with Crippen molar-refractivity contribution in [3.8, 4) is 5.75 Å². The van der Waals surface area contributed by atoms with Crippen LogP contribution in [0.25, 0.3) is 0 Å². The number of aromatic nitrogens is 1. The summed E-state index contributed by atoms with van der Waals surface area (Å²) in [5.41, 5.74) is 5.20. The molecule has 0 saturated carbocycles. The number of carbonyl (C=O) groups is 1. The van der Waals surface area contributed by atoms with E-state index >= 15 is 0 Å². The standard InChI is InChI=1S/C11H15N3O2/c1-11(2,12)8-10(15)14(3)9-7(16-8)5-4-6-13-9/h4-6,8H,12H2,1-3H3. The lowest BCUT2D eigenvalue weighted by atomic mass is 9.96. The maximum absolute atomic E-state index is 12.0. The summed E-state index contributed by atoms with van der Waals surface area (Å²) >= 11 is 0. The molecule has 86 valence electrons. The number of likely N-dealkylation sites (N-methyl/N-ethyl adjacent to an activating group) is 1. The summed E-state index contributed by atoms with van der Waals surface area (Å²) in [5.74, 6) is 0.958. The summed E-state index contributed by atoms with van der Waals surface area (Å²) in [4.78, 5) is 17.6. The van der Waals surface area contributed by atoms with Crippen LogP contribution < -0.4 is 15.4 Å². The van der Waals surface area contributed by atoms with Gasteiger partial charge in [-0.1, -0.05) is 0 Å². The van der Waals surface area contributed by atoms with Crippen LogP contribution in [-0.4, -0.2) is 29.6 Å². The first-order chi connectivity index (χ1) is 7.41. The molecule has 0 aromatic carbocycles. The number of carbonyl (C=O) groups excluding carboxylic acids is 1. The van der Waals surface area contributed by atoms with E-state index in [4.69, 9.17) is 10.5 Å². The Morgan fingerprint density at radius 3 is 2.88 bits per heavy atom. The quantitative estimate of drug-likeness (QED) is 0.751. The summed E-state index contributed by atoms with van der Waals surface area (Å²) < 4.78 is 5.60. The molecule has 0 fully saturated rings. The molecule has 5 heteroatoms. The zero-order valence-electron chi connectivity index (χ0n) is 9.60. The number of hydrogen-bond donors (Lipinski definition) is 1. The van der Waals surface area contributed by atoms with Gasteiger partial charge in [0.1, 0.15) is 0 Å². The van der Waals surface area contributed by atoms with Crippen LogP contribution in [-0.2, 0) is 4.79 Å². The van der Waals surface area contributed by atoms with Gasteiger partial charge >= 0.3 is 0 Å². The molecular weight excluding hydrogens is 206 g/mol. The average Bonchev–Trinajstić information content (AvgIpc) is 2.22. The Labute approximate surface area is 94.2 Å². The van der Waals surface area contributed by atoms with E-state index in [0.29, 0.717) is 11.6 Å². The number of nitrogens with two attached hydrogens (primary N) is 1. The molecule has 0 spiro atoms. The Kier molecular flexibility index (Phi) is 2.35. The molecule has 2 N–H and O–H groups in total. The number of fused-ring (bicyclic) bond motifs is 1. The molecule has 0 saturated heterocycles.